The third-order valence-electron chi connectivity index (χ3n) is 2.48. The summed E-state index contributed by atoms with van der Waals surface area (Å²) in [6.45, 7) is 4.08. The number of nitrogens with zero attached hydrogens (tertiary/aromatic N) is 1. The lowest BCUT2D eigenvalue weighted by Gasteiger charge is -2.08. The molecule has 0 fully saturated rings. The summed E-state index contributed by atoms with van der Waals surface area (Å²) in [4.78, 5) is 33.6. The molecular weight excluding hydrogens is 308 g/mol. The van der Waals surface area contributed by atoms with E-state index in [1.807, 2.05) is 13.8 Å². The van der Waals surface area contributed by atoms with Crippen molar-refractivity contribution in [3.63, 3.8) is 0 Å². The molecule has 0 spiro atoms. The van der Waals surface area contributed by atoms with Crippen molar-refractivity contribution in [1.82, 2.24) is 5.32 Å². The number of para-hydroxylation sites is 1. The molecule has 1 aromatic rings. The van der Waals surface area contributed by atoms with Gasteiger partial charge < -0.3 is 10.1 Å². The lowest BCUT2D eigenvalue weighted by atomic mass is 10.2. The highest BCUT2D eigenvalue weighted by Gasteiger charge is 2.15. The van der Waals surface area contributed by atoms with E-state index in [2.05, 4.69) is 5.32 Å². The zero-order valence-electron chi connectivity index (χ0n) is 12.4. The van der Waals surface area contributed by atoms with E-state index in [1.165, 1.54) is 6.07 Å². The van der Waals surface area contributed by atoms with Crippen molar-refractivity contribution in [2.75, 3.05) is 18.9 Å². The van der Waals surface area contributed by atoms with E-state index < -0.39 is 10.9 Å². The molecular formula is C14H18N2O5S. The molecule has 120 valence electrons. The van der Waals surface area contributed by atoms with E-state index in [4.69, 9.17) is 4.74 Å². The van der Waals surface area contributed by atoms with Crippen LogP contribution in [0.25, 0.3) is 0 Å². The van der Waals surface area contributed by atoms with Gasteiger partial charge in [0.2, 0.25) is 0 Å². The molecule has 0 aliphatic heterocycles. The number of esters is 1. The Labute approximate surface area is 132 Å². The second-order valence-corrected chi connectivity index (χ2v) is 5.89. The second kappa shape index (κ2) is 9.04. The summed E-state index contributed by atoms with van der Waals surface area (Å²) in [7, 11) is 0. The second-order valence-electron chi connectivity index (χ2n) is 4.87. The summed E-state index contributed by atoms with van der Waals surface area (Å²) in [6.07, 6.45) is 0. The standard InChI is InChI=1S/C14H18N2O5S/c1-10(2)7-15-13(17)8-21-14(18)9-22-12-6-4-3-5-11(12)16(19)20/h3-6,10H,7-9H2,1-2H3,(H,15,17). The first-order valence-corrected chi connectivity index (χ1v) is 7.67. The number of ether oxygens (including phenoxy) is 1. The highest BCUT2D eigenvalue weighted by Crippen LogP contribution is 2.28. The topological polar surface area (TPSA) is 98.5 Å². The minimum Gasteiger partial charge on any atom is -0.455 e. The number of nitro groups is 1. The number of carbonyl (C=O) groups excluding carboxylic acids is 2. The van der Waals surface area contributed by atoms with E-state index in [1.54, 1.807) is 18.2 Å². The summed E-state index contributed by atoms with van der Waals surface area (Å²) in [6, 6.07) is 6.14. The van der Waals surface area contributed by atoms with Crippen LogP contribution in [-0.2, 0) is 14.3 Å². The third-order valence-corrected chi connectivity index (χ3v) is 3.52. The Morgan fingerprint density at radius 3 is 2.68 bits per heavy atom. The predicted molar refractivity (Wildman–Crippen MR) is 82.6 cm³/mol. The molecule has 0 aromatic heterocycles. The molecule has 0 atom stereocenters. The van der Waals surface area contributed by atoms with Crippen LogP contribution in [0, 0.1) is 16.0 Å². The van der Waals surface area contributed by atoms with E-state index in [0.717, 1.165) is 11.8 Å². The van der Waals surface area contributed by atoms with E-state index >= 15 is 0 Å². The Morgan fingerprint density at radius 2 is 2.05 bits per heavy atom. The molecule has 0 unspecified atom stereocenters. The van der Waals surface area contributed by atoms with Crippen LogP contribution in [0.5, 0.6) is 0 Å². The summed E-state index contributed by atoms with van der Waals surface area (Å²) >= 11 is 1.01. The van der Waals surface area contributed by atoms with Crippen molar-refractivity contribution in [2.45, 2.75) is 18.7 Å². The van der Waals surface area contributed by atoms with Crippen molar-refractivity contribution in [3.8, 4) is 0 Å². The molecule has 0 radical (unpaired) electrons. The molecule has 1 N–H and O–H groups in total. The molecule has 0 saturated carbocycles. The first-order valence-electron chi connectivity index (χ1n) is 6.68. The Kier molecular flexibility index (Phi) is 7.38. The van der Waals surface area contributed by atoms with Gasteiger partial charge in [-0.2, -0.15) is 0 Å². The smallest absolute Gasteiger partial charge is 0.316 e. The molecule has 1 amide bonds. The van der Waals surface area contributed by atoms with Crippen molar-refractivity contribution in [2.24, 2.45) is 5.92 Å². The number of nitro benzene ring substituents is 1. The summed E-state index contributed by atoms with van der Waals surface area (Å²) in [5, 5.41) is 13.5. The lowest BCUT2D eigenvalue weighted by Crippen LogP contribution is -2.31. The number of thioether (sulfide) groups is 1. The molecule has 1 rings (SSSR count). The van der Waals surface area contributed by atoms with Gasteiger partial charge in [0, 0.05) is 12.6 Å². The van der Waals surface area contributed by atoms with Gasteiger partial charge in [0.25, 0.3) is 11.6 Å². The van der Waals surface area contributed by atoms with Crippen LogP contribution < -0.4 is 5.32 Å². The molecule has 0 heterocycles. The van der Waals surface area contributed by atoms with Crippen LogP contribution in [-0.4, -0.2) is 35.7 Å². The molecule has 0 bridgehead atoms. The number of hydrogen-bond donors (Lipinski definition) is 1. The highest BCUT2D eigenvalue weighted by molar-refractivity contribution is 8.00. The highest BCUT2D eigenvalue weighted by atomic mass is 32.2. The quantitative estimate of drug-likeness (QED) is 0.339. The van der Waals surface area contributed by atoms with Crippen molar-refractivity contribution < 1.29 is 19.2 Å². The third kappa shape index (κ3) is 6.57. The number of rotatable bonds is 8. The fourth-order valence-electron chi connectivity index (χ4n) is 1.42. The van der Waals surface area contributed by atoms with Gasteiger partial charge in [-0.1, -0.05) is 26.0 Å². The molecule has 0 saturated heterocycles. The lowest BCUT2D eigenvalue weighted by molar-refractivity contribution is -0.387. The van der Waals surface area contributed by atoms with E-state index in [0.29, 0.717) is 17.4 Å². The number of nitrogens with one attached hydrogen (secondary N) is 1. The van der Waals surface area contributed by atoms with Gasteiger partial charge in [0.05, 0.1) is 15.6 Å². The molecule has 0 aliphatic carbocycles. The maximum absolute atomic E-state index is 11.5. The zero-order valence-corrected chi connectivity index (χ0v) is 13.2. The number of amides is 1. The maximum Gasteiger partial charge on any atom is 0.316 e. The van der Waals surface area contributed by atoms with Gasteiger partial charge in [-0.3, -0.25) is 19.7 Å². The van der Waals surface area contributed by atoms with Crippen LogP contribution >= 0.6 is 11.8 Å². The van der Waals surface area contributed by atoms with Crippen LogP contribution in [0.15, 0.2) is 29.2 Å². The summed E-state index contributed by atoms with van der Waals surface area (Å²) in [5.41, 5.74) is -0.0602. The predicted octanol–water partition coefficient (Wildman–Crippen LogP) is 2.00. The van der Waals surface area contributed by atoms with Gasteiger partial charge in [-0.05, 0) is 12.0 Å². The summed E-state index contributed by atoms with van der Waals surface area (Å²) < 4.78 is 4.82. The fraction of sp³-hybridized carbons (Fsp3) is 0.429. The van der Waals surface area contributed by atoms with Crippen molar-refractivity contribution in [3.05, 3.63) is 34.4 Å². The summed E-state index contributed by atoms with van der Waals surface area (Å²) in [5.74, 6) is -0.739. The van der Waals surface area contributed by atoms with Crippen molar-refractivity contribution in [1.29, 1.82) is 0 Å². The number of benzene rings is 1. The van der Waals surface area contributed by atoms with Crippen LogP contribution in [0.2, 0.25) is 0 Å². The average Bonchev–Trinajstić information content (AvgIpc) is 2.48. The Morgan fingerprint density at radius 1 is 1.36 bits per heavy atom. The number of carbonyl (C=O) groups is 2. The monoisotopic (exact) mass is 326 g/mol. The zero-order chi connectivity index (χ0) is 16.5. The van der Waals surface area contributed by atoms with Crippen molar-refractivity contribution >= 4 is 29.3 Å². The normalized spacial score (nSPS) is 10.3. The fourth-order valence-corrected chi connectivity index (χ4v) is 2.25. The number of hydrogen-bond acceptors (Lipinski definition) is 6. The average molecular weight is 326 g/mol. The molecule has 1 aromatic carbocycles. The minimum absolute atomic E-state index is 0.0602. The largest absolute Gasteiger partial charge is 0.455 e. The maximum atomic E-state index is 11.5. The SMILES string of the molecule is CC(C)CNC(=O)COC(=O)CSc1ccccc1[N+](=O)[O-]. The van der Waals surface area contributed by atoms with Crippen LogP contribution in [0.1, 0.15) is 13.8 Å². The molecule has 8 heteroatoms. The van der Waals surface area contributed by atoms with E-state index in [9.17, 15) is 19.7 Å². The first kappa shape index (κ1) is 18.0. The van der Waals surface area contributed by atoms with Gasteiger partial charge >= 0.3 is 5.97 Å². The van der Waals surface area contributed by atoms with Gasteiger partial charge in [0.1, 0.15) is 0 Å². The molecule has 7 nitrogen and oxygen atoms in total. The minimum atomic E-state index is -0.595. The Bertz CT molecular complexity index is 548. The van der Waals surface area contributed by atoms with Crippen LogP contribution in [0.4, 0.5) is 5.69 Å². The van der Waals surface area contributed by atoms with Crippen LogP contribution in [0.3, 0.4) is 0 Å². The van der Waals surface area contributed by atoms with Gasteiger partial charge in [0.15, 0.2) is 6.61 Å². The molecule has 22 heavy (non-hydrogen) atoms. The molecule has 0 aliphatic rings. The van der Waals surface area contributed by atoms with E-state index in [-0.39, 0.29) is 24.0 Å². The first-order chi connectivity index (χ1) is 10.4. The Balaban J connectivity index is 2.38. The Hall–Kier alpha value is -2.09. The van der Waals surface area contributed by atoms with Gasteiger partial charge in [-0.15, -0.1) is 11.8 Å². The van der Waals surface area contributed by atoms with Gasteiger partial charge in [-0.25, -0.2) is 0 Å².